The first-order valence-corrected chi connectivity index (χ1v) is 7.30. The molecule has 3 nitrogen and oxygen atoms in total. The van der Waals surface area contributed by atoms with E-state index in [4.69, 9.17) is 0 Å². The fourth-order valence-electron chi connectivity index (χ4n) is 1.96. The fraction of sp³-hybridized carbons (Fsp3) is 0.333. The van der Waals surface area contributed by atoms with Crippen LogP contribution in [0.3, 0.4) is 0 Å². The van der Waals surface area contributed by atoms with Crippen LogP contribution < -0.4 is 5.32 Å². The highest BCUT2D eigenvalue weighted by Gasteiger charge is 2.09. The van der Waals surface area contributed by atoms with Gasteiger partial charge >= 0.3 is 0 Å². The molecule has 0 aliphatic carbocycles. The minimum atomic E-state index is 0.860. The van der Waals surface area contributed by atoms with Gasteiger partial charge in [0.15, 0.2) is 0 Å². The Balaban J connectivity index is 2.16. The maximum atomic E-state index is 4.62. The molecule has 0 aliphatic rings. The maximum absolute atomic E-state index is 4.62. The van der Waals surface area contributed by atoms with Crippen LogP contribution in [0, 0.1) is 0 Å². The highest BCUT2D eigenvalue weighted by Crippen LogP contribution is 2.24. The van der Waals surface area contributed by atoms with Gasteiger partial charge in [-0.3, -0.25) is 0 Å². The molecule has 0 unspecified atom stereocenters. The number of halogens is 1. The van der Waals surface area contributed by atoms with Crippen LogP contribution in [0.2, 0.25) is 0 Å². The van der Waals surface area contributed by atoms with Crippen LogP contribution in [0.1, 0.15) is 24.0 Å². The third kappa shape index (κ3) is 3.53. The molecule has 0 radical (unpaired) electrons. The predicted molar refractivity (Wildman–Crippen MR) is 82.5 cm³/mol. The molecule has 1 N–H and O–H groups in total. The molecule has 2 aromatic rings. The van der Waals surface area contributed by atoms with Crippen LogP contribution in [0.5, 0.6) is 0 Å². The maximum Gasteiger partial charge on any atom is 0.144 e. The lowest BCUT2D eigenvalue weighted by Gasteiger charge is -2.10. The number of aromatic nitrogens is 2. The van der Waals surface area contributed by atoms with Crippen molar-refractivity contribution in [3.05, 3.63) is 51.9 Å². The van der Waals surface area contributed by atoms with Crippen molar-refractivity contribution in [3.63, 3.8) is 0 Å². The second-order valence-electron chi connectivity index (χ2n) is 4.34. The molecule has 2 rings (SSSR count). The van der Waals surface area contributed by atoms with Crippen LogP contribution in [-0.2, 0) is 19.3 Å². The van der Waals surface area contributed by atoms with E-state index in [1.54, 1.807) is 0 Å². The first-order valence-electron chi connectivity index (χ1n) is 6.51. The number of hydrogen-bond donors (Lipinski definition) is 1. The molecule has 4 heteroatoms. The minimum Gasteiger partial charge on any atom is -0.372 e. The van der Waals surface area contributed by atoms with Crippen molar-refractivity contribution in [3.8, 4) is 0 Å². The fourth-order valence-corrected chi connectivity index (χ4v) is 2.61. The Labute approximate surface area is 122 Å². The first kappa shape index (κ1) is 14.0. The highest BCUT2D eigenvalue weighted by molar-refractivity contribution is 9.10. The Hall–Kier alpha value is -1.42. The molecule has 1 aromatic carbocycles. The van der Waals surface area contributed by atoms with E-state index in [9.17, 15) is 0 Å². The summed E-state index contributed by atoms with van der Waals surface area (Å²) in [7, 11) is 1.88. The van der Waals surface area contributed by atoms with Gasteiger partial charge in [0.25, 0.3) is 0 Å². The van der Waals surface area contributed by atoms with Gasteiger partial charge in [-0.15, -0.1) is 0 Å². The molecule has 0 saturated heterocycles. The minimum absolute atomic E-state index is 0.860. The van der Waals surface area contributed by atoms with E-state index in [1.165, 1.54) is 5.56 Å². The number of hydrogen-bond acceptors (Lipinski definition) is 3. The van der Waals surface area contributed by atoms with Gasteiger partial charge in [0.1, 0.15) is 11.6 Å². The van der Waals surface area contributed by atoms with Crippen LogP contribution >= 0.6 is 15.9 Å². The Kier molecular flexibility index (Phi) is 4.91. The lowest BCUT2D eigenvalue weighted by molar-refractivity contribution is 0.829. The normalized spacial score (nSPS) is 10.5. The van der Waals surface area contributed by atoms with Crippen LogP contribution in [-0.4, -0.2) is 17.0 Å². The van der Waals surface area contributed by atoms with Crippen LogP contribution in [0.25, 0.3) is 0 Å². The van der Waals surface area contributed by atoms with Crippen molar-refractivity contribution in [2.45, 2.75) is 26.2 Å². The smallest absolute Gasteiger partial charge is 0.144 e. The van der Waals surface area contributed by atoms with Gasteiger partial charge in [0.05, 0.1) is 10.2 Å². The number of nitrogens with zero attached hydrogens (tertiary/aromatic N) is 2. The summed E-state index contributed by atoms with van der Waals surface area (Å²) >= 11 is 3.54. The van der Waals surface area contributed by atoms with E-state index in [1.807, 2.05) is 13.1 Å². The summed E-state index contributed by atoms with van der Waals surface area (Å²) in [4.78, 5) is 9.16. The summed E-state index contributed by atoms with van der Waals surface area (Å²) < 4.78 is 0.973. The topological polar surface area (TPSA) is 37.8 Å². The SMILES string of the molecule is CCc1nc(CCc2ccccc2)nc(NC)c1Br. The second kappa shape index (κ2) is 6.66. The lowest BCUT2D eigenvalue weighted by atomic mass is 10.1. The van der Waals surface area contributed by atoms with Gasteiger partial charge in [0, 0.05) is 13.5 Å². The Morgan fingerprint density at radius 3 is 2.47 bits per heavy atom. The average Bonchev–Trinajstić information content (AvgIpc) is 2.47. The van der Waals surface area contributed by atoms with E-state index < -0.39 is 0 Å². The van der Waals surface area contributed by atoms with Crippen LogP contribution in [0.15, 0.2) is 34.8 Å². The summed E-state index contributed by atoms with van der Waals surface area (Å²) in [6.45, 7) is 2.10. The highest BCUT2D eigenvalue weighted by atomic mass is 79.9. The van der Waals surface area contributed by atoms with Crippen molar-refractivity contribution < 1.29 is 0 Å². The number of aryl methyl sites for hydroxylation is 3. The van der Waals surface area contributed by atoms with Gasteiger partial charge in [-0.2, -0.15) is 0 Å². The largest absolute Gasteiger partial charge is 0.372 e. The number of anilines is 1. The lowest BCUT2D eigenvalue weighted by Crippen LogP contribution is -2.06. The monoisotopic (exact) mass is 319 g/mol. The Morgan fingerprint density at radius 1 is 1.11 bits per heavy atom. The number of benzene rings is 1. The molecule has 0 spiro atoms. The van der Waals surface area contributed by atoms with Gasteiger partial charge in [-0.25, -0.2) is 9.97 Å². The van der Waals surface area contributed by atoms with Gasteiger partial charge in [0.2, 0.25) is 0 Å². The zero-order chi connectivity index (χ0) is 13.7. The first-order chi connectivity index (χ1) is 9.24. The molecule has 19 heavy (non-hydrogen) atoms. The summed E-state index contributed by atoms with van der Waals surface area (Å²) in [6, 6.07) is 10.4. The number of rotatable bonds is 5. The molecule has 0 fully saturated rings. The summed E-state index contributed by atoms with van der Waals surface area (Å²) in [5, 5.41) is 3.11. The van der Waals surface area contributed by atoms with Gasteiger partial charge < -0.3 is 5.32 Å². The number of nitrogens with one attached hydrogen (secondary N) is 1. The summed E-state index contributed by atoms with van der Waals surface area (Å²) in [6.07, 6.45) is 2.73. The molecule has 100 valence electrons. The average molecular weight is 320 g/mol. The molecule has 0 atom stereocenters. The third-order valence-corrected chi connectivity index (χ3v) is 3.85. The van der Waals surface area contributed by atoms with Crippen molar-refractivity contribution in [2.24, 2.45) is 0 Å². The molecule has 1 aromatic heterocycles. The zero-order valence-corrected chi connectivity index (χ0v) is 12.9. The molecule has 1 heterocycles. The quantitative estimate of drug-likeness (QED) is 0.914. The standard InChI is InChI=1S/C15H18BrN3/c1-3-12-14(16)15(17-2)19-13(18-12)10-9-11-7-5-4-6-8-11/h4-8H,3,9-10H2,1-2H3,(H,17,18,19). The second-order valence-corrected chi connectivity index (χ2v) is 5.13. The van der Waals surface area contributed by atoms with Crippen LogP contribution in [0.4, 0.5) is 5.82 Å². The molecule has 0 amide bonds. The Morgan fingerprint density at radius 2 is 1.84 bits per heavy atom. The molecular weight excluding hydrogens is 302 g/mol. The van der Waals surface area contributed by atoms with Crippen molar-refractivity contribution in [1.82, 2.24) is 9.97 Å². The molecular formula is C15H18BrN3. The summed E-state index contributed by atoms with van der Waals surface area (Å²) in [5.74, 6) is 1.77. The molecule has 0 saturated carbocycles. The molecule has 0 aliphatic heterocycles. The zero-order valence-electron chi connectivity index (χ0n) is 11.3. The summed E-state index contributed by atoms with van der Waals surface area (Å²) in [5.41, 5.74) is 2.38. The predicted octanol–water partition coefficient (Wildman–Crippen LogP) is 3.63. The van der Waals surface area contributed by atoms with E-state index in [0.29, 0.717) is 0 Å². The third-order valence-electron chi connectivity index (χ3n) is 3.02. The van der Waals surface area contributed by atoms with Crippen molar-refractivity contribution >= 4 is 21.7 Å². The van der Waals surface area contributed by atoms with E-state index >= 15 is 0 Å². The van der Waals surface area contributed by atoms with E-state index in [-0.39, 0.29) is 0 Å². The van der Waals surface area contributed by atoms with E-state index in [0.717, 1.165) is 41.1 Å². The molecule has 0 bridgehead atoms. The Bertz CT molecular complexity index is 515. The van der Waals surface area contributed by atoms with Gasteiger partial charge in [-0.05, 0) is 34.3 Å². The van der Waals surface area contributed by atoms with E-state index in [2.05, 4.69) is 62.4 Å². The van der Waals surface area contributed by atoms with Gasteiger partial charge in [-0.1, -0.05) is 37.3 Å². The van der Waals surface area contributed by atoms with Crippen molar-refractivity contribution in [1.29, 1.82) is 0 Å². The van der Waals surface area contributed by atoms with Crippen molar-refractivity contribution in [2.75, 3.05) is 12.4 Å².